The number of pyridine rings is 1. The maximum atomic E-state index is 5.54. The molecular formula is C12H21N3O. The van der Waals surface area contributed by atoms with Gasteiger partial charge in [0.1, 0.15) is 5.82 Å². The number of ether oxygens (including phenoxy) is 1. The number of nitrogens with zero attached hydrogens (tertiary/aromatic N) is 2. The molecule has 0 fully saturated rings. The molecule has 0 aliphatic heterocycles. The van der Waals surface area contributed by atoms with Crippen molar-refractivity contribution in [2.24, 2.45) is 5.73 Å². The Labute approximate surface area is 97.4 Å². The zero-order valence-electron chi connectivity index (χ0n) is 10.1. The van der Waals surface area contributed by atoms with Crippen LogP contribution in [0.3, 0.4) is 0 Å². The summed E-state index contributed by atoms with van der Waals surface area (Å²) in [7, 11) is 1.64. The van der Waals surface area contributed by atoms with Gasteiger partial charge >= 0.3 is 0 Å². The molecule has 0 aliphatic rings. The molecule has 4 nitrogen and oxygen atoms in total. The van der Waals surface area contributed by atoms with Crippen LogP contribution in [0.4, 0.5) is 5.82 Å². The molecule has 2 N–H and O–H groups in total. The summed E-state index contributed by atoms with van der Waals surface area (Å²) in [4.78, 5) is 6.67. The van der Waals surface area contributed by atoms with Crippen molar-refractivity contribution in [2.75, 3.05) is 31.6 Å². The predicted molar refractivity (Wildman–Crippen MR) is 67.0 cm³/mol. The van der Waals surface area contributed by atoms with E-state index >= 15 is 0 Å². The number of hydrogen-bond acceptors (Lipinski definition) is 4. The van der Waals surface area contributed by atoms with Crippen LogP contribution in [-0.4, -0.2) is 31.7 Å². The van der Waals surface area contributed by atoms with Crippen molar-refractivity contribution in [3.8, 4) is 5.88 Å². The van der Waals surface area contributed by atoms with Crippen LogP contribution in [0, 0.1) is 0 Å². The van der Waals surface area contributed by atoms with Crippen LogP contribution in [0.1, 0.15) is 19.8 Å². The lowest BCUT2D eigenvalue weighted by atomic mass is 10.3. The second-order valence-corrected chi connectivity index (χ2v) is 3.67. The summed E-state index contributed by atoms with van der Waals surface area (Å²) >= 11 is 0. The SMILES string of the molecule is CCCN(CCCN)c1cccc(OC)n1. The van der Waals surface area contributed by atoms with Crippen LogP contribution < -0.4 is 15.4 Å². The van der Waals surface area contributed by atoms with Crippen molar-refractivity contribution in [1.29, 1.82) is 0 Å². The third-order valence-electron chi connectivity index (χ3n) is 2.37. The van der Waals surface area contributed by atoms with Crippen LogP contribution in [0.2, 0.25) is 0 Å². The third-order valence-corrected chi connectivity index (χ3v) is 2.37. The van der Waals surface area contributed by atoms with Crippen molar-refractivity contribution >= 4 is 5.82 Å². The summed E-state index contributed by atoms with van der Waals surface area (Å²) < 4.78 is 5.13. The van der Waals surface area contributed by atoms with E-state index in [2.05, 4.69) is 16.8 Å². The highest BCUT2D eigenvalue weighted by atomic mass is 16.5. The summed E-state index contributed by atoms with van der Waals surface area (Å²) in [6, 6.07) is 5.83. The summed E-state index contributed by atoms with van der Waals surface area (Å²) in [6.07, 6.45) is 2.09. The van der Waals surface area contributed by atoms with Gasteiger partial charge in [-0.1, -0.05) is 13.0 Å². The second kappa shape index (κ2) is 7.06. The molecule has 1 aromatic heterocycles. The molecule has 0 unspecified atom stereocenters. The smallest absolute Gasteiger partial charge is 0.214 e. The van der Waals surface area contributed by atoms with Gasteiger partial charge in [-0.2, -0.15) is 4.98 Å². The van der Waals surface area contributed by atoms with Crippen molar-refractivity contribution < 1.29 is 4.74 Å². The molecular weight excluding hydrogens is 202 g/mol. The average molecular weight is 223 g/mol. The summed E-state index contributed by atoms with van der Waals surface area (Å²) in [6.45, 7) is 4.82. The van der Waals surface area contributed by atoms with Crippen LogP contribution >= 0.6 is 0 Å². The van der Waals surface area contributed by atoms with Crippen LogP contribution in [0.15, 0.2) is 18.2 Å². The van der Waals surface area contributed by atoms with Crippen molar-refractivity contribution in [2.45, 2.75) is 19.8 Å². The van der Waals surface area contributed by atoms with Gasteiger partial charge in [0.2, 0.25) is 5.88 Å². The molecule has 0 radical (unpaired) electrons. The van der Waals surface area contributed by atoms with Gasteiger partial charge in [0.25, 0.3) is 0 Å². The molecule has 4 heteroatoms. The lowest BCUT2D eigenvalue weighted by Crippen LogP contribution is -2.27. The molecule has 0 atom stereocenters. The highest BCUT2D eigenvalue weighted by Gasteiger charge is 2.06. The number of rotatable bonds is 7. The fourth-order valence-electron chi connectivity index (χ4n) is 1.59. The van der Waals surface area contributed by atoms with E-state index in [1.165, 1.54) is 0 Å². The Morgan fingerprint density at radius 2 is 2.19 bits per heavy atom. The molecule has 0 amide bonds. The minimum Gasteiger partial charge on any atom is -0.481 e. The molecule has 0 aliphatic carbocycles. The monoisotopic (exact) mass is 223 g/mol. The number of hydrogen-bond donors (Lipinski definition) is 1. The third kappa shape index (κ3) is 3.70. The Kier molecular flexibility index (Phi) is 5.64. The van der Waals surface area contributed by atoms with E-state index in [-0.39, 0.29) is 0 Å². The molecule has 0 bridgehead atoms. The van der Waals surface area contributed by atoms with Crippen molar-refractivity contribution in [1.82, 2.24) is 4.98 Å². The van der Waals surface area contributed by atoms with E-state index in [0.29, 0.717) is 12.4 Å². The lowest BCUT2D eigenvalue weighted by Gasteiger charge is -2.23. The molecule has 0 saturated carbocycles. The number of aromatic nitrogens is 1. The van der Waals surface area contributed by atoms with Gasteiger partial charge in [0.05, 0.1) is 7.11 Å². The molecule has 0 saturated heterocycles. The molecule has 16 heavy (non-hydrogen) atoms. The number of anilines is 1. The summed E-state index contributed by atoms with van der Waals surface area (Å²) in [5.74, 6) is 1.63. The lowest BCUT2D eigenvalue weighted by molar-refractivity contribution is 0.397. The van der Waals surface area contributed by atoms with Gasteiger partial charge in [-0.3, -0.25) is 0 Å². The summed E-state index contributed by atoms with van der Waals surface area (Å²) in [5, 5.41) is 0. The minimum absolute atomic E-state index is 0.659. The van der Waals surface area contributed by atoms with Gasteiger partial charge < -0.3 is 15.4 Å². The highest BCUT2D eigenvalue weighted by molar-refractivity contribution is 5.40. The van der Waals surface area contributed by atoms with E-state index in [1.807, 2.05) is 18.2 Å². The van der Waals surface area contributed by atoms with Crippen LogP contribution in [-0.2, 0) is 0 Å². The fraction of sp³-hybridized carbons (Fsp3) is 0.583. The summed E-state index contributed by atoms with van der Waals surface area (Å²) in [5.41, 5.74) is 5.54. The highest BCUT2D eigenvalue weighted by Crippen LogP contribution is 2.16. The van der Waals surface area contributed by atoms with Crippen molar-refractivity contribution in [3.05, 3.63) is 18.2 Å². The first-order valence-electron chi connectivity index (χ1n) is 5.78. The van der Waals surface area contributed by atoms with E-state index in [9.17, 15) is 0 Å². The van der Waals surface area contributed by atoms with E-state index in [4.69, 9.17) is 10.5 Å². The van der Waals surface area contributed by atoms with Gasteiger partial charge in [0, 0.05) is 19.2 Å². The normalized spacial score (nSPS) is 10.2. The van der Waals surface area contributed by atoms with Gasteiger partial charge in [-0.25, -0.2) is 0 Å². The molecule has 1 rings (SSSR count). The van der Waals surface area contributed by atoms with Gasteiger partial charge in [-0.05, 0) is 25.5 Å². The van der Waals surface area contributed by atoms with Crippen LogP contribution in [0.25, 0.3) is 0 Å². The Morgan fingerprint density at radius 3 is 2.81 bits per heavy atom. The zero-order valence-corrected chi connectivity index (χ0v) is 10.1. The first kappa shape index (κ1) is 12.8. The fourth-order valence-corrected chi connectivity index (χ4v) is 1.59. The Morgan fingerprint density at radius 1 is 1.38 bits per heavy atom. The van der Waals surface area contributed by atoms with E-state index in [0.717, 1.165) is 31.7 Å². The van der Waals surface area contributed by atoms with Crippen LogP contribution in [0.5, 0.6) is 5.88 Å². The first-order valence-corrected chi connectivity index (χ1v) is 5.78. The maximum absolute atomic E-state index is 5.54. The topological polar surface area (TPSA) is 51.4 Å². The number of methoxy groups -OCH3 is 1. The molecule has 0 aromatic carbocycles. The zero-order chi connectivity index (χ0) is 11.8. The molecule has 90 valence electrons. The second-order valence-electron chi connectivity index (χ2n) is 3.67. The van der Waals surface area contributed by atoms with Crippen molar-refractivity contribution in [3.63, 3.8) is 0 Å². The Hall–Kier alpha value is -1.29. The predicted octanol–water partition coefficient (Wildman–Crippen LogP) is 1.66. The standard InChI is InChI=1S/C12H21N3O/c1-3-9-15(10-5-8-13)11-6-4-7-12(14-11)16-2/h4,6-7H,3,5,8-10,13H2,1-2H3. The largest absolute Gasteiger partial charge is 0.481 e. The van der Waals surface area contributed by atoms with E-state index < -0.39 is 0 Å². The Balaban J connectivity index is 2.73. The maximum Gasteiger partial charge on any atom is 0.214 e. The first-order chi connectivity index (χ1) is 7.81. The molecule has 1 heterocycles. The van der Waals surface area contributed by atoms with E-state index in [1.54, 1.807) is 7.11 Å². The van der Waals surface area contributed by atoms with Gasteiger partial charge in [0.15, 0.2) is 0 Å². The average Bonchev–Trinajstić information content (AvgIpc) is 2.34. The quantitative estimate of drug-likeness (QED) is 0.763. The Bertz CT molecular complexity index is 304. The van der Waals surface area contributed by atoms with Gasteiger partial charge in [-0.15, -0.1) is 0 Å². The molecule has 0 spiro atoms. The minimum atomic E-state index is 0.659. The number of nitrogens with two attached hydrogens (primary N) is 1. The molecule has 1 aromatic rings.